The Balaban J connectivity index is 1.33. The van der Waals surface area contributed by atoms with E-state index in [1.54, 1.807) is 24.8 Å². The average Bonchev–Trinajstić information content (AvgIpc) is 3.09. The van der Waals surface area contributed by atoms with E-state index in [2.05, 4.69) is 25.9 Å². The molecule has 0 aliphatic carbocycles. The Morgan fingerprint density at radius 3 is 2.34 bits per heavy atom. The van der Waals surface area contributed by atoms with Crippen LogP contribution in [0.2, 0.25) is 0 Å². The summed E-state index contributed by atoms with van der Waals surface area (Å²) in [7, 11) is 0. The van der Waals surface area contributed by atoms with Crippen molar-refractivity contribution < 1.29 is 8.78 Å². The predicted octanol–water partition coefficient (Wildman–Crippen LogP) is 3.08. The van der Waals surface area contributed by atoms with Crippen LogP contribution in [0.15, 0.2) is 49.1 Å². The number of imidazole rings is 1. The highest BCUT2D eigenvalue weighted by Crippen LogP contribution is 2.19. The van der Waals surface area contributed by atoms with Crippen molar-refractivity contribution in [3.05, 3.63) is 72.1 Å². The van der Waals surface area contributed by atoms with E-state index < -0.39 is 11.6 Å². The standard InChI is InChI=1S/C21H22F2N6/c1-16-20(26-15-29(16)21-24-5-3-6-25-21)4-2-7-27-8-10-28(11-9-27)19-13-17(22)12-18(23)14-19/h2-6,12-15H,7-11H2,1H3/b4-2+. The number of nitrogens with zero attached hydrogens (tertiary/aromatic N) is 6. The third-order valence-corrected chi connectivity index (χ3v) is 5.04. The summed E-state index contributed by atoms with van der Waals surface area (Å²) < 4.78 is 28.7. The molecule has 1 aromatic carbocycles. The molecule has 0 saturated carbocycles. The second-order valence-corrected chi connectivity index (χ2v) is 6.95. The first-order valence-electron chi connectivity index (χ1n) is 9.51. The summed E-state index contributed by atoms with van der Waals surface area (Å²) >= 11 is 0. The lowest BCUT2D eigenvalue weighted by Gasteiger charge is -2.35. The van der Waals surface area contributed by atoms with Crippen molar-refractivity contribution in [3.8, 4) is 5.95 Å². The molecule has 1 aliphatic heterocycles. The van der Waals surface area contributed by atoms with Crippen molar-refractivity contribution in [3.63, 3.8) is 0 Å². The third kappa shape index (κ3) is 4.48. The van der Waals surface area contributed by atoms with E-state index in [9.17, 15) is 8.78 Å². The fourth-order valence-electron chi connectivity index (χ4n) is 3.43. The van der Waals surface area contributed by atoms with Crippen molar-refractivity contribution in [2.45, 2.75) is 6.92 Å². The quantitative estimate of drug-likeness (QED) is 0.663. The van der Waals surface area contributed by atoms with Crippen LogP contribution >= 0.6 is 0 Å². The number of anilines is 1. The molecule has 8 heteroatoms. The minimum Gasteiger partial charge on any atom is -0.369 e. The van der Waals surface area contributed by atoms with Crippen LogP contribution in [0, 0.1) is 18.6 Å². The number of rotatable bonds is 5. The molecule has 0 N–H and O–H groups in total. The van der Waals surface area contributed by atoms with Gasteiger partial charge in [0.05, 0.1) is 5.69 Å². The zero-order chi connectivity index (χ0) is 20.2. The topological polar surface area (TPSA) is 50.1 Å². The van der Waals surface area contributed by atoms with Gasteiger partial charge in [-0.2, -0.15) is 0 Å². The largest absolute Gasteiger partial charge is 0.369 e. The van der Waals surface area contributed by atoms with Gasteiger partial charge in [0.1, 0.15) is 18.0 Å². The molecular weight excluding hydrogens is 374 g/mol. The van der Waals surface area contributed by atoms with Crippen LogP contribution in [0.1, 0.15) is 11.4 Å². The molecule has 1 saturated heterocycles. The predicted molar refractivity (Wildman–Crippen MR) is 108 cm³/mol. The van der Waals surface area contributed by atoms with Crippen LogP contribution in [0.4, 0.5) is 14.5 Å². The van der Waals surface area contributed by atoms with Crippen molar-refractivity contribution in [2.24, 2.45) is 0 Å². The molecule has 6 nitrogen and oxygen atoms in total. The lowest BCUT2D eigenvalue weighted by Crippen LogP contribution is -2.46. The van der Waals surface area contributed by atoms with Gasteiger partial charge in [0.15, 0.2) is 0 Å². The molecule has 0 bridgehead atoms. The summed E-state index contributed by atoms with van der Waals surface area (Å²) in [5, 5.41) is 0. The maximum absolute atomic E-state index is 13.4. The Hall–Kier alpha value is -3.13. The van der Waals surface area contributed by atoms with Crippen LogP contribution < -0.4 is 4.90 Å². The van der Waals surface area contributed by atoms with Crippen molar-refractivity contribution in [1.82, 2.24) is 24.4 Å². The highest BCUT2D eigenvalue weighted by molar-refractivity contribution is 5.49. The number of hydrogen-bond acceptors (Lipinski definition) is 5. The smallest absolute Gasteiger partial charge is 0.235 e. The molecule has 3 aromatic rings. The molecule has 1 aliphatic rings. The third-order valence-electron chi connectivity index (χ3n) is 5.04. The molecule has 4 rings (SSSR count). The van der Waals surface area contributed by atoms with E-state index in [1.807, 2.05) is 22.5 Å². The minimum atomic E-state index is -0.541. The summed E-state index contributed by atoms with van der Waals surface area (Å²) in [6, 6.07) is 5.45. The van der Waals surface area contributed by atoms with E-state index >= 15 is 0 Å². The first kappa shape index (κ1) is 19.2. The highest BCUT2D eigenvalue weighted by Gasteiger charge is 2.17. The molecule has 3 heterocycles. The number of aromatic nitrogens is 4. The first-order chi connectivity index (χ1) is 14.1. The molecule has 0 radical (unpaired) electrons. The van der Waals surface area contributed by atoms with Gasteiger partial charge in [0.25, 0.3) is 0 Å². The number of piperazine rings is 1. The Morgan fingerprint density at radius 1 is 0.966 bits per heavy atom. The molecule has 1 fully saturated rings. The lowest BCUT2D eigenvalue weighted by molar-refractivity contribution is 0.284. The van der Waals surface area contributed by atoms with Crippen LogP contribution in [0.5, 0.6) is 0 Å². The van der Waals surface area contributed by atoms with Crippen LogP contribution in [-0.2, 0) is 0 Å². The first-order valence-corrected chi connectivity index (χ1v) is 9.51. The molecule has 0 unspecified atom stereocenters. The van der Waals surface area contributed by atoms with Crippen molar-refractivity contribution >= 4 is 11.8 Å². The Labute approximate surface area is 168 Å². The molecule has 2 aromatic heterocycles. The molecule has 29 heavy (non-hydrogen) atoms. The zero-order valence-electron chi connectivity index (χ0n) is 16.2. The van der Waals surface area contributed by atoms with Crippen LogP contribution in [0.3, 0.4) is 0 Å². The average molecular weight is 396 g/mol. The van der Waals surface area contributed by atoms with Crippen LogP contribution in [-0.4, -0.2) is 57.1 Å². The van der Waals surface area contributed by atoms with Gasteiger partial charge in [-0.05, 0) is 31.2 Å². The maximum atomic E-state index is 13.4. The Kier molecular flexibility index (Phi) is 5.62. The van der Waals surface area contributed by atoms with Crippen molar-refractivity contribution in [2.75, 3.05) is 37.6 Å². The number of halogens is 2. The van der Waals surface area contributed by atoms with E-state index in [0.29, 0.717) is 11.6 Å². The van der Waals surface area contributed by atoms with E-state index in [1.165, 1.54) is 12.1 Å². The van der Waals surface area contributed by atoms with E-state index in [-0.39, 0.29) is 0 Å². The summed E-state index contributed by atoms with van der Waals surface area (Å²) in [5.74, 6) is -0.482. The van der Waals surface area contributed by atoms with Gasteiger partial charge in [0.2, 0.25) is 5.95 Å². The summed E-state index contributed by atoms with van der Waals surface area (Å²) in [4.78, 5) is 17.2. The second kappa shape index (κ2) is 8.48. The molecular formula is C21H22F2N6. The van der Waals surface area contributed by atoms with Gasteiger partial charge < -0.3 is 4.90 Å². The highest BCUT2D eigenvalue weighted by atomic mass is 19.1. The molecule has 0 spiro atoms. The second-order valence-electron chi connectivity index (χ2n) is 6.95. The van der Waals surface area contributed by atoms with Gasteiger partial charge in [0, 0.05) is 62.6 Å². The van der Waals surface area contributed by atoms with E-state index in [4.69, 9.17) is 0 Å². The summed E-state index contributed by atoms with van der Waals surface area (Å²) in [6.45, 7) is 5.90. The zero-order valence-corrected chi connectivity index (χ0v) is 16.2. The summed E-state index contributed by atoms with van der Waals surface area (Å²) in [6.07, 6.45) is 9.22. The van der Waals surface area contributed by atoms with Crippen LogP contribution in [0.25, 0.3) is 12.0 Å². The maximum Gasteiger partial charge on any atom is 0.235 e. The van der Waals surface area contributed by atoms with Gasteiger partial charge >= 0.3 is 0 Å². The Morgan fingerprint density at radius 2 is 1.66 bits per heavy atom. The number of hydrogen-bond donors (Lipinski definition) is 0. The van der Waals surface area contributed by atoms with Gasteiger partial charge in [-0.1, -0.05) is 6.08 Å². The monoisotopic (exact) mass is 396 g/mol. The fourth-order valence-corrected chi connectivity index (χ4v) is 3.43. The summed E-state index contributed by atoms with van der Waals surface area (Å²) in [5.41, 5.74) is 2.46. The number of benzene rings is 1. The molecule has 0 amide bonds. The van der Waals surface area contributed by atoms with Gasteiger partial charge in [-0.25, -0.2) is 23.7 Å². The minimum absolute atomic E-state index is 0.541. The Bertz CT molecular complexity index is 973. The SMILES string of the molecule is Cc1c(/C=C/CN2CCN(c3cc(F)cc(F)c3)CC2)ncn1-c1ncccn1. The van der Waals surface area contributed by atoms with E-state index in [0.717, 1.165) is 50.2 Å². The fraction of sp³-hybridized carbons (Fsp3) is 0.286. The normalized spacial score (nSPS) is 15.3. The molecule has 150 valence electrons. The van der Waals surface area contributed by atoms with Crippen molar-refractivity contribution in [1.29, 1.82) is 0 Å². The molecule has 0 atom stereocenters. The van der Waals surface area contributed by atoms with Gasteiger partial charge in [-0.3, -0.25) is 9.47 Å². The van der Waals surface area contributed by atoms with Gasteiger partial charge in [-0.15, -0.1) is 0 Å². The lowest BCUT2D eigenvalue weighted by atomic mass is 10.2.